The Bertz CT molecular complexity index is 610. The number of nitrogens with one attached hydrogen (secondary N) is 2. The van der Waals surface area contributed by atoms with Crippen molar-refractivity contribution in [2.45, 2.75) is 13.3 Å². The van der Waals surface area contributed by atoms with Crippen molar-refractivity contribution in [3.63, 3.8) is 0 Å². The zero-order chi connectivity index (χ0) is 15.9. The standard InChI is InChI=1S/C14H19FN2O3S/c1-11(10-12-4-6-13(15)7-5-12)14(18)16-8-3-9-17-21(2,19)20/h4-7,10,17H,3,8-9H2,1-2H3,(H,16,18)/b11-10+. The average molecular weight is 314 g/mol. The maximum absolute atomic E-state index is 12.8. The van der Waals surface area contributed by atoms with Gasteiger partial charge in [-0.05, 0) is 37.1 Å². The van der Waals surface area contributed by atoms with Crippen molar-refractivity contribution in [3.05, 3.63) is 41.2 Å². The molecule has 116 valence electrons. The van der Waals surface area contributed by atoms with Crippen molar-refractivity contribution < 1.29 is 17.6 Å². The van der Waals surface area contributed by atoms with E-state index in [-0.39, 0.29) is 18.3 Å². The molecule has 21 heavy (non-hydrogen) atoms. The van der Waals surface area contributed by atoms with Gasteiger partial charge in [-0.25, -0.2) is 17.5 Å². The lowest BCUT2D eigenvalue weighted by molar-refractivity contribution is -0.117. The van der Waals surface area contributed by atoms with Crippen LogP contribution in [0.2, 0.25) is 0 Å². The van der Waals surface area contributed by atoms with Crippen molar-refractivity contribution >= 4 is 22.0 Å². The molecule has 0 saturated heterocycles. The number of amides is 1. The fourth-order valence-corrected chi connectivity index (χ4v) is 2.08. The second-order valence-corrected chi connectivity index (χ2v) is 6.49. The van der Waals surface area contributed by atoms with Gasteiger partial charge >= 0.3 is 0 Å². The minimum Gasteiger partial charge on any atom is -0.352 e. The third-order valence-electron chi connectivity index (χ3n) is 2.61. The zero-order valence-corrected chi connectivity index (χ0v) is 12.8. The van der Waals surface area contributed by atoms with Gasteiger partial charge in [0.05, 0.1) is 6.26 Å². The largest absolute Gasteiger partial charge is 0.352 e. The fourth-order valence-electron chi connectivity index (χ4n) is 1.56. The van der Waals surface area contributed by atoms with Crippen LogP contribution in [0.5, 0.6) is 0 Å². The van der Waals surface area contributed by atoms with Crippen molar-refractivity contribution in [1.29, 1.82) is 0 Å². The van der Waals surface area contributed by atoms with Crippen LogP contribution < -0.4 is 10.0 Å². The molecule has 2 N–H and O–H groups in total. The van der Waals surface area contributed by atoms with Gasteiger partial charge in [-0.15, -0.1) is 0 Å². The molecule has 1 rings (SSSR count). The van der Waals surface area contributed by atoms with Crippen LogP contribution in [0.15, 0.2) is 29.8 Å². The molecule has 1 aromatic rings. The highest BCUT2D eigenvalue weighted by Gasteiger charge is 2.04. The summed E-state index contributed by atoms with van der Waals surface area (Å²) in [6.07, 6.45) is 3.24. The van der Waals surface area contributed by atoms with Crippen LogP contribution >= 0.6 is 0 Å². The van der Waals surface area contributed by atoms with E-state index in [0.29, 0.717) is 18.5 Å². The molecular weight excluding hydrogens is 295 g/mol. The lowest BCUT2D eigenvalue weighted by Gasteiger charge is -2.06. The van der Waals surface area contributed by atoms with Crippen LogP contribution in [0.4, 0.5) is 4.39 Å². The van der Waals surface area contributed by atoms with Crippen LogP contribution in [-0.4, -0.2) is 33.7 Å². The lowest BCUT2D eigenvalue weighted by Crippen LogP contribution is -2.29. The van der Waals surface area contributed by atoms with E-state index in [9.17, 15) is 17.6 Å². The van der Waals surface area contributed by atoms with Crippen molar-refractivity contribution in [1.82, 2.24) is 10.0 Å². The Labute approximate surface area is 124 Å². The number of rotatable bonds is 7. The molecule has 0 unspecified atom stereocenters. The minimum absolute atomic E-state index is 0.237. The Morgan fingerprint density at radius 3 is 2.43 bits per heavy atom. The van der Waals surface area contributed by atoms with E-state index in [2.05, 4.69) is 10.0 Å². The molecule has 0 fully saturated rings. The van der Waals surface area contributed by atoms with Crippen LogP contribution in [0.25, 0.3) is 6.08 Å². The molecule has 0 atom stereocenters. The Morgan fingerprint density at radius 2 is 1.86 bits per heavy atom. The predicted octanol–water partition coefficient (Wildman–Crippen LogP) is 1.28. The normalized spacial score (nSPS) is 12.2. The molecule has 0 aliphatic carbocycles. The van der Waals surface area contributed by atoms with E-state index in [1.54, 1.807) is 25.1 Å². The summed E-state index contributed by atoms with van der Waals surface area (Å²) in [6.45, 7) is 2.31. The summed E-state index contributed by atoms with van der Waals surface area (Å²) in [5.74, 6) is -0.564. The first-order chi connectivity index (χ1) is 9.78. The zero-order valence-electron chi connectivity index (χ0n) is 12.0. The van der Waals surface area contributed by atoms with Crippen molar-refractivity contribution in [2.24, 2.45) is 0 Å². The second kappa shape index (κ2) is 7.90. The van der Waals surface area contributed by atoms with Gasteiger partial charge in [-0.3, -0.25) is 4.79 Å². The van der Waals surface area contributed by atoms with Gasteiger partial charge in [-0.1, -0.05) is 12.1 Å². The summed E-state index contributed by atoms with van der Waals surface area (Å²) in [5, 5.41) is 2.68. The van der Waals surface area contributed by atoms with E-state index in [1.165, 1.54) is 12.1 Å². The smallest absolute Gasteiger partial charge is 0.246 e. The molecule has 5 nitrogen and oxygen atoms in total. The summed E-state index contributed by atoms with van der Waals surface area (Å²) in [4.78, 5) is 11.8. The molecule has 0 aliphatic rings. The fraction of sp³-hybridized carbons (Fsp3) is 0.357. The molecule has 0 aromatic heterocycles. The maximum atomic E-state index is 12.8. The van der Waals surface area contributed by atoms with E-state index >= 15 is 0 Å². The maximum Gasteiger partial charge on any atom is 0.246 e. The first-order valence-electron chi connectivity index (χ1n) is 6.44. The number of benzene rings is 1. The van der Waals surface area contributed by atoms with Crippen LogP contribution in [0.1, 0.15) is 18.9 Å². The Balaban J connectivity index is 2.39. The molecule has 7 heteroatoms. The summed E-state index contributed by atoms with van der Waals surface area (Å²) in [6, 6.07) is 5.83. The molecule has 1 amide bonds. The number of hydrogen-bond acceptors (Lipinski definition) is 3. The van der Waals surface area contributed by atoms with Gasteiger partial charge in [0.1, 0.15) is 5.82 Å². The van der Waals surface area contributed by atoms with Gasteiger partial charge in [0, 0.05) is 18.7 Å². The molecule has 0 spiro atoms. The Kier molecular flexibility index (Phi) is 6.51. The number of halogens is 1. The lowest BCUT2D eigenvalue weighted by atomic mass is 10.1. The number of hydrogen-bond donors (Lipinski definition) is 2. The Hall–Kier alpha value is -1.73. The highest BCUT2D eigenvalue weighted by molar-refractivity contribution is 7.88. The van der Waals surface area contributed by atoms with E-state index in [0.717, 1.165) is 11.8 Å². The van der Waals surface area contributed by atoms with Crippen LogP contribution in [-0.2, 0) is 14.8 Å². The molecule has 0 bridgehead atoms. The SMILES string of the molecule is C/C(=C\c1ccc(F)cc1)C(=O)NCCCNS(C)(=O)=O. The average Bonchev–Trinajstić information content (AvgIpc) is 2.39. The first kappa shape index (κ1) is 17.3. The van der Waals surface area contributed by atoms with Gasteiger partial charge in [0.25, 0.3) is 0 Å². The first-order valence-corrected chi connectivity index (χ1v) is 8.34. The third-order valence-corrected chi connectivity index (χ3v) is 3.34. The molecule has 0 saturated carbocycles. The van der Waals surface area contributed by atoms with Gasteiger partial charge in [0.15, 0.2) is 0 Å². The van der Waals surface area contributed by atoms with Crippen molar-refractivity contribution in [3.8, 4) is 0 Å². The van der Waals surface area contributed by atoms with Crippen LogP contribution in [0, 0.1) is 5.82 Å². The summed E-state index contributed by atoms with van der Waals surface area (Å²) < 4.78 is 36.8. The topological polar surface area (TPSA) is 75.3 Å². The summed E-state index contributed by atoms with van der Waals surface area (Å²) in [7, 11) is -3.19. The summed E-state index contributed by atoms with van der Waals surface area (Å²) in [5.41, 5.74) is 1.24. The van der Waals surface area contributed by atoms with E-state index in [4.69, 9.17) is 0 Å². The van der Waals surface area contributed by atoms with Gasteiger partial charge < -0.3 is 5.32 Å². The number of carbonyl (C=O) groups is 1. The molecular formula is C14H19FN2O3S. The van der Waals surface area contributed by atoms with E-state index < -0.39 is 10.0 Å². The molecule has 1 aromatic carbocycles. The molecule has 0 aliphatic heterocycles. The third kappa shape index (κ3) is 7.57. The Morgan fingerprint density at radius 1 is 1.24 bits per heavy atom. The summed E-state index contributed by atoms with van der Waals surface area (Å²) >= 11 is 0. The van der Waals surface area contributed by atoms with Gasteiger partial charge in [0.2, 0.25) is 15.9 Å². The molecule has 0 radical (unpaired) electrons. The minimum atomic E-state index is -3.19. The van der Waals surface area contributed by atoms with Crippen molar-refractivity contribution in [2.75, 3.05) is 19.3 Å². The van der Waals surface area contributed by atoms with Gasteiger partial charge in [-0.2, -0.15) is 0 Å². The second-order valence-electron chi connectivity index (χ2n) is 4.65. The monoisotopic (exact) mass is 314 g/mol. The quantitative estimate of drug-likeness (QED) is 0.588. The number of sulfonamides is 1. The highest BCUT2D eigenvalue weighted by atomic mass is 32.2. The van der Waals surface area contributed by atoms with Crippen LogP contribution in [0.3, 0.4) is 0 Å². The van der Waals surface area contributed by atoms with E-state index in [1.807, 2.05) is 0 Å². The predicted molar refractivity (Wildman–Crippen MR) is 80.5 cm³/mol. The molecule has 0 heterocycles. The highest BCUT2D eigenvalue weighted by Crippen LogP contribution is 2.08. The number of carbonyl (C=O) groups excluding carboxylic acids is 1.